The van der Waals surface area contributed by atoms with Crippen LogP contribution < -0.4 is 20.1 Å². The molecule has 188 valence electrons. The number of thioether (sulfide) groups is 1. The summed E-state index contributed by atoms with van der Waals surface area (Å²) < 4.78 is 10.7. The van der Waals surface area contributed by atoms with Gasteiger partial charge in [-0.2, -0.15) is 0 Å². The number of hydrogen-bond acceptors (Lipinski definition) is 5. The third-order valence-electron chi connectivity index (χ3n) is 5.44. The standard InChI is InChI=1S/C29H25ClN2O4S/c1-35-23-14-15-26(36-2)25(18-23)32-29(34)27(19-8-4-3-5-9-19)37-24-13-7-12-22(17-24)31-28(33)20-10-6-11-21(30)16-20/h3-18,27H,1-2H3,(H,31,33)(H,32,34). The molecule has 0 aromatic heterocycles. The van der Waals surface area contributed by atoms with Crippen molar-refractivity contribution in [3.63, 3.8) is 0 Å². The second-order valence-corrected chi connectivity index (χ2v) is 9.57. The lowest BCUT2D eigenvalue weighted by Crippen LogP contribution is -2.19. The molecule has 0 spiro atoms. The normalized spacial score (nSPS) is 11.3. The topological polar surface area (TPSA) is 76.7 Å². The van der Waals surface area contributed by atoms with Crippen LogP contribution in [0.25, 0.3) is 0 Å². The maximum absolute atomic E-state index is 13.6. The number of halogens is 1. The first kappa shape index (κ1) is 26.1. The van der Waals surface area contributed by atoms with Crippen LogP contribution in [-0.4, -0.2) is 26.0 Å². The smallest absolute Gasteiger partial charge is 0.255 e. The van der Waals surface area contributed by atoms with Crippen molar-refractivity contribution in [2.45, 2.75) is 10.1 Å². The highest BCUT2D eigenvalue weighted by Gasteiger charge is 2.24. The van der Waals surface area contributed by atoms with Crippen LogP contribution in [0.15, 0.2) is 102 Å². The first-order valence-electron chi connectivity index (χ1n) is 11.4. The summed E-state index contributed by atoms with van der Waals surface area (Å²) >= 11 is 7.40. The van der Waals surface area contributed by atoms with E-state index >= 15 is 0 Å². The molecule has 6 nitrogen and oxygen atoms in total. The van der Waals surface area contributed by atoms with Crippen LogP contribution >= 0.6 is 23.4 Å². The Kier molecular flexibility index (Phi) is 8.72. The van der Waals surface area contributed by atoms with Crippen LogP contribution in [0.3, 0.4) is 0 Å². The largest absolute Gasteiger partial charge is 0.497 e. The molecule has 0 heterocycles. The molecule has 0 aliphatic heterocycles. The molecule has 0 saturated carbocycles. The van der Waals surface area contributed by atoms with Crippen LogP contribution in [0.4, 0.5) is 11.4 Å². The maximum atomic E-state index is 13.6. The van der Waals surface area contributed by atoms with Crippen molar-refractivity contribution in [1.82, 2.24) is 0 Å². The average molecular weight is 533 g/mol. The van der Waals surface area contributed by atoms with E-state index < -0.39 is 5.25 Å². The van der Waals surface area contributed by atoms with Gasteiger partial charge in [0.1, 0.15) is 16.7 Å². The average Bonchev–Trinajstić information content (AvgIpc) is 2.92. The summed E-state index contributed by atoms with van der Waals surface area (Å²) in [6.07, 6.45) is 0. The molecule has 0 bridgehead atoms. The number of carbonyl (C=O) groups excluding carboxylic acids is 2. The van der Waals surface area contributed by atoms with Gasteiger partial charge in [-0.05, 0) is 54.1 Å². The van der Waals surface area contributed by atoms with E-state index in [1.165, 1.54) is 11.8 Å². The third kappa shape index (κ3) is 6.84. The number of hydrogen-bond donors (Lipinski definition) is 2. The summed E-state index contributed by atoms with van der Waals surface area (Å²) in [5.74, 6) is 0.628. The van der Waals surface area contributed by atoms with Gasteiger partial charge in [0.25, 0.3) is 5.91 Å². The van der Waals surface area contributed by atoms with E-state index in [0.717, 1.165) is 10.5 Å². The highest BCUT2D eigenvalue weighted by Crippen LogP contribution is 2.38. The van der Waals surface area contributed by atoms with Gasteiger partial charge in [-0.1, -0.05) is 54.1 Å². The Balaban J connectivity index is 1.57. The summed E-state index contributed by atoms with van der Waals surface area (Å²) in [4.78, 5) is 27.0. The van der Waals surface area contributed by atoms with Crippen molar-refractivity contribution in [1.29, 1.82) is 0 Å². The Hall–Kier alpha value is -3.94. The molecular weight excluding hydrogens is 508 g/mol. The number of ether oxygens (including phenoxy) is 2. The minimum Gasteiger partial charge on any atom is -0.497 e. The van der Waals surface area contributed by atoms with Crippen molar-refractivity contribution in [2.75, 3.05) is 24.9 Å². The molecule has 0 aliphatic carbocycles. The van der Waals surface area contributed by atoms with Crippen LogP contribution in [-0.2, 0) is 4.79 Å². The predicted molar refractivity (Wildman–Crippen MR) is 149 cm³/mol. The summed E-state index contributed by atoms with van der Waals surface area (Å²) in [7, 11) is 3.11. The summed E-state index contributed by atoms with van der Waals surface area (Å²) in [6, 6.07) is 28.8. The molecule has 2 N–H and O–H groups in total. The minimum absolute atomic E-state index is 0.226. The SMILES string of the molecule is COc1ccc(OC)c(NC(=O)C(Sc2cccc(NC(=O)c3cccc(Cl)c3)c2)c2ccccc2)c1. The van der Waals surface area contributed by atoms with E-state index in [-0.39, 0.29) is 11.8 Å². The number of amides is 2. The molecule has 4 rings (SSSR count). The number of carbonyl (C=O) groups is 2. The van der Waals surface area contributed by atoms with Gasteiger partial charge in [0.05, 0.1) is 19.9 Å². The van der Waals surface area contributed by atoms with Gasteiger partial charge in [-0.3, -0.25) is 9.59 Å². The Morgan fingerprint density at radius 1 is 0.811 bits per heavy atom. The van der Waals surface area contributed by atoms with Crippen molar-refractivity contribution in [2.24, 2.45) is 0 Å². The van der Waals surface area contributed by atoms with Gasteiger partial charge < -0.3 is 20.1 Å². The number of nitrogens with one attached hydrogen (secondary N) is 2. The molecule has 0 fully saturated rings. The number of benzene rings is 4. The monoisotopic (exact) mass is 532 g/mol. The molecule has 0 radical (unpaired) electrons. The molecule has 2 amide bonds. The van der Waals surface area contributed by atoms with Crippen LogP contribution in [0, 0.1) is 0 Å². The highest BCUT2D eigenvalue weighted by molar-refractivity contribution is 8.00. The van der Waals surface area contributed by atoms with E-state index in [1.807, 2.05) is 48.5 Å². The Bertz CT molecular complexity index is 1400. The van der Waals surface area contributed by atoms with E-state index in [0.29, 0.717) is 33.5 Å². The maximum Gasteiger partial charge on any atom is 0.255 e. The molecular formula is C29H25ClN2O4S. The lowest BCUT2D eigenvalue weighted by Gasteiger charge is -2.19. The number of anilines is 2. The van der Waals surface area contributed by atoms with Crippen LogP contribution in [0.2, 0.25) is 5.02 Å². The van der Waals surface area contributed by atoms with Gasteiger partial charge in [0.15, 0.2) is 0 Å². The Labute approximate surface area is 225 Å². The zero-order valence-corrected chi connectivity index (χ0v) is 21.8. The van der Waals surface area contributed by atoms with Gasteiger partial charge in [0, 0.05) is 27.2 Å². The van der Waals surface area contributed by atoms with Gasteiger partial charge in [-0.25, -0.2) is 0 Å². The quantitative estimate of drug-likeness (QED) is 0.225. The van der Waals surface area contributed by atoms with Gasteiger partial charge in [0.2, 0.25) is 5.91 Å². The lowest BCUT2D eigenvalue weighted by atomic mass is 10.1. The lowest BCUT2D eigenvalue weighted by molar-refractivity contribution is -0.115. The highest BCUT2D eigenvalue weighted by atomic mass is 35.5. The summed E-state index contributed by atoms with van der Waals surface area (Å²) in [5, 5.41) is 5.79. The minimum atomic E-state index is -0.573. The van der Waals surface area contributed by atoms with E-state index in [1.54, 1.807) is 62.8 Å². The van der Waals surface area contributed by atoms with Crippen LogP contribution in [0.5, 0.6) is 11.5 Å². The molecule has 1 atom stereocenters. The molecule has 8 heteroatoms. The van der Waals surface area contributed by atoms with Crippen LogP contribution in [0.1, 0.15) is 21.2 Å². The molecule has 37 heavy (non-hydrogen) atoms. The van der Waals surface area contributed by atoms with Crippen molar-refractivity contribution < 1.29 is 19.1 Å². The predicted octanol–water partition coefficient (Wildman–Crippen LogP) is 7.08. The number of methoxy groups -OCH3 is 2. The zero-order valence-electron chi connectivity index (χ0n) is 20.2. The second kappa shape index (κ2) is 12.3. The summed E-state index contributed by atoms with van der Waals surface area (Å²) in [5.41, 5.74) is 2.41. The molecule has 0 saturated heterocycles. The van der Waals surface area contributed by atoms with Crippen molar-refractivity contribution >= 4 is 46.6 Å². The van der Waals surface area contributed by atoms with Crippen molar-refractivity contribution in [3.8, 4) is 11.5 Å². The fourth-order valence-corrected chi connectivity index (χ4v) is 4.90. The molecule has 4 aromatic rings. The Morgan fingerprint density at radius 3 is 2.32 bits per heavy atom. The zero-order chi connectivity index (χ0) is 26.2. The van der Waals surface area contributed by atoms with Crippen molar-refractivity contribution in [3.05, 3.63) is 113 Å². The third-order valence-corrected chi connectivity index (χ3v) is 6.92. The van der Waals surface area contributed by atoms with E-state index in [9.17, 15) is 9.59 Å². The summed E-state index contributed by atoms with van der Waals surface area (Å²) in [6.45, 7) is 0. The molecule has 4 aromatic carbocycles. The van der Waals surface area contributed by atoms with E-state index in [2.05, 4.69) is 10.6 Å². The first-order chi connectivity index (χ1) is 18.0. The Morgan fingerprint density at radius 2 is 1.59 bits per heavy atom. The second-order valence-electron chi connectivity index (χ2n) is 7.96. The van der Waals surface area contributed by atoms with E-state index in [4.69, 9.17) is 21.1 Å². The first-order valence-corrected chi connectivity index (χ1v) is 12.6. The number of rotatable bonds is 9. The fraction of sp³-hybridized carbons (Fsp3) is 0.103. The fourth-order valence-electron chi connectivity index (χ4n) is 3.63. The van der Waals surface area contributed by atoms with Gasteiger partial charge in [-0.15, -0.1) is 11.8 Å². The molecule has 1 unspecified atom stereocenters. The molecule has 0 aliphatic rings. The van der Waals surface area contributed by atoms with Gasteiger partial charge >= 0.3 is 0 Å².